The Morgan fingerprint density at radius 1 is 1.88 bits per heavy atom. The zero-order chi connectivity index (χ0) is 5.98. The van der Waals surface area contributed by atoms with E-state index in [-0.39, 0.29) is 12.5 Å². The van der Waals surface area contributed by atoms with Gasteiger partial charge in [0, 0.05) is 11.6 Å². The first kappa shape index (κ1) is 5.63. The summed E-state index contributed by atoms with van der Waals surface area (Å²) in [4.78, 5) is 0. The van der Waals surface area contributed by atoms with Crippen LogP contribution in [0.15, 0.2) is 11.8 Å². The van der Waals surface area contributed by atoms with Crippen molar-refractivity contribution in [2.45, 2.75) is 12.8 Å². The van der Waals surface area contributed by atoms with E-state index in [9.17, 15) is 0 Å². The average molecular weight is 113 g/mol. The van der Waals surface area contributed by atoms with Crippen LogP contribution < -0.4 is 5.73 Å². The molecule has 0 aliphatic heterocycles. The van der Waals surface area contributed by atoms with E-state index in [4.69, 9.17) is 10.8 Å². The van der Waals surface area contributed by atoms with Crippen molar-refractivity contribution in [2.24, 2.45) is 11.7 Å². The summed E-state index contributed by atoms with van der Waals surface area (Å²) in [5, 5.41) is 8.62. The lowest BCUT2D eigenvalue weighted by Crippen LogP contribution is -2.10. The zero-order valence-corrected chi connectivity index (χ0v) is 4.80. The van der Waals surface area contributed by atoms with Crippen molar-refractivity contribution in [3.8, 4) is 0 Å². The molecule has 0 unspecified atom stereocenters. The third kappa shape index (κ3) is 0.842. The van der Waals surface area contributed by atoms with Crippen molar-refractivity contribution >= 4 is 0 Å². The summed E-state index contributed by atoms with van der Waals surface area (Å²) in [6.45, 7) is 0.211. The van der Waals surface area contributed by atoms with E-state index in [0.29, 0.717) is 0 Å². The van der Waals surface area contributed by atoms with Gasteiger partial charge in [0.15, 0.2) is 0 Å². The normalized spacial score (nSPS) is 28.1. The summed E-state index contributed by atoms with van der Waals surface area (Å²) < 4.78 is 0. The molecule has 0 saturated heterocycles. The van der Waals surface area contributed by atoms with Crippen LogP contribution in [0.1, 0.15) is 12.8 Å². The van der Waals surface area contributed by atoms with Crippen LogP contribution in [0.4, 0.5) is 0 Å². The smallest absolute Gasteiger partial charge is 0.0513 e. The highest BCUT2D eigenvalue weighted by Crippen LogP contribution is 2.20. The van der Waals surface area contributed by atoms with Gasteiger partial charge in [-0.1, -0.05) is 6.08 Å². The molecule has 1 aliphatic rings. The molecule has 0 saturated carbocycles. The van der Waals surface area contributed by atoms with E-state index in [1.807, 2.05) is 6.08 Å². The van der Waals surface area contributed by atoms with Crippen molar-refractivity contribution in [3.63, 3.8) is 0 Å². The van der Waals surface area contributed by atoms with Crippen LogP contribution in [0.3, 0.4) is 0 Å². The molecule has 0 aromatic carbocycles. The van der Waals surface area contributed by atoms with E-state index < -0.39 is 0 Å². The number of hydrogen-bond acceptors (Lipinski definition) is 2. The summed E-state index contributed by atoms with van der Waals surface area (Å²) in [6, 6.07) is 0. The van der Waals surface area contributed by atoms with Gasteiger partial charge >= 0.3 is 0 Å². The molecule has 0 aromatic rings. The Kier molecular flexibility index (Phi) is 1.53. The Morgan fingerprint density at radius 2 is 2.62 bits per heavy atom. The molecule has 1 aliphatic carbocycles. The largest absolute Gasteiger partial charge is 0.402 e. The topological polar surface area (TPSA) is 46.2 Å². The SMILES string of the molecule is NC1=CCC[C@@H]1CO. The molecule has 0 spiro atoms. The highest BCUT2D eigenvalue weighted by Gasteiger charge is 2.13. The first-order valence-corrected chi connectivity index (χ1v) is 2.91. The maximum absolute atomic E-state index is 8.62. The molecule has 0 heterocycles. The lowest BCUT2D eigenvalue weighted by molar-refractivity contribution is 0.245. The van der Waals surface area contributed by atoms with Crippen LogP contribution in [0.5, 0.6) is 0 Å². The minimum Gasteiger partial charge on any atom is -0.402 e. The van der Waals surface area contributed by atoms with Gasteiger partial charge in [-0.2, -0.15) is 0 Å². The zero-order valence-electron chi connectivity index (χ0n) is 4.80. The first-order valence-electron chi connectivity index (χ1n) is 2.91. The minimum absolute atomic E-state index is 0.211. The van der Waals surface area contributed by atoms with E-state index in [1.165, 1.54) is 0 Å². The van der Waals surface area contributed by atoms with E-state index in [2.05, 4.69) is 0 Å². The van der Waals surface area contributed by atoms with Crippen LogP contribution in [0, 0.1) is 5.92 Å². The molecule has 2 heteroatoms. The molecule has 46 valence electrons. The fourth-order valence-corrected chi connectivity index (χ4v) is 0.981. The van der Waals surface area contributed by atoms with Crippen LogP contribution in [-0.4, -0.2) is 11.7 Å². The fourth-order valence-electron chi connectivity index (χ4n) is 0.981. The van der Waals surface area contributed by atoms with Gasteiger partial charge in [-0.3, -0.25) is 0 Å². The third-order valence-electron chi connectivity index (χ3n) is 1.59. The second-order valence-corrected chi connectivity index (χ2v) is 2.16. The lowest BCUT2D eigenvalue weighted by Gasteiger charge is -2.04. The van der Waals surface area contributed by atoms with Gasteiger partial charge in [0.2, 0.25) is 0 Å². The lowest BCUT2D eigenvalue weighted by atomic mass is 10.1. The standard InChI is InChI=1S/C6H11NO/c7-6-3-1-2-5(6)4-8/h3,5,8H,1-2,4,7H2/t5-/m1/s1. The predicted molar refractivity (Wildman–Crippen MR) is 32.1 cm³/mol. The van der Waals surface area contributed by atoms with Gasteiger partial charge in [-0.15, -0.1) is 0 Å². The predicted octanol–water partition coefficient (Wildman–Crippen LogP) is 0.231. The van der Waals surface area contributed by atoms with E-state index in [0.717, 1.165) is 18.5 Å². The summed E-state index contributed by atoms with van der Waals surface area (Å²) in [7, 11) is 0. The number of aliphatic hydroxyl groups excluding tert-OH is 1. The Hall–Kier alpha value is -0.500. The number of nitrogens with two attached hydrogens (primary N) is 1. The van der Waals surface area contributed by atoms with Gasteiger partial charge < -0.3 is 10.8 Å². The first-order chi connectivity index (χ1) is 3.84. The third-order valence-corrected chi connectivity index (χ3v) is 1.59. The van der Waals surface area contributed by atoms with Crippen LogP contribution >= 0.6 is 0 Å². The van der Waals surface area contributed by atoms with Crippen molar-refractivity contribution < 1.29 is 5.11 Å². The van der Waals surface area contributed by atoms with Gasteiger partial charge in [0.1, 0.15) is 0 Å². The number of rotatable bonds is 1. The van der Waals surface area contributed by atoms with Crippen molar-refractivity contribution in [1.82, 2.24) is 0 Å². The molecule has 0 radical (unpaired) electrons. The van der Waals surface area contributed by atoms with Crippen molar-refractivity contribution in [3.05, 3.63) is 11.8 Å². The molecule has 1 atom stereocenters. The second-order valence-electron chi connectivity index (χ2n) is 2.16. The average Bonchev–Trinajstić information content (AvgIpc) is 2.14. The quantitative estimate of drug-likeness (QED) is 0.511. The minimum atomic E-state index is 0.211. The molecule has 3 N–H and O–H groups in total. The summed E-state index contributed by atoms with van der Waals surface area (Å²) in [5.41, 5.74) is 6.36. The molecular formula is C6H11NO. The maximum Gasteiger partial charge on any atom is 0.0513 e. The van der Waals surface area contributed by atoms with Gasteiger partial charge in [-0.25, -0.2) is 0 Å². The van der Waals surface area contributed by atoms with E-state index in [1.54, 1.807) is 0 Å². The van der Waals surface area contributed by atoms with Gasteiger partial charge in [0.25, 0.3) is 0 Å². The number of allylic oxidation sites excluding steroid dienone is 1. The molecule has 8 heavy (non-hydrogen) atoms. The highest BCUT2D eigenvalue weighted by molar-refractivity contribution is 5.07. The molecule has 0 aromatic heterocycles. The molecule has 0 amide bonds. The summed E-state index contributed by atoms with van der Waals surface area (Å²) in [6.07, 6.45) is 4.06. The molecular weight excluding hydrogens is 102 g/mol. The monoisotopic (exact) mass is 113 g/mol. The Balaban J connectivity index is 2.46. The van der Waals surface area contributed by atoms with Crippen molar-refractivity contribution in [2.75, 3.05) is 6.61 Å². The Bertz CT molecular complexity index is 109. The molecule has 1 rings (SSSR count). The summed E-state index contributed by atoms with van der Waals surface area (Å²) in [5.74, 6) is 0.259. The number of hydrogen-bond donors (Lipinski definition) is 2. The highest BCUT2D eigenvalue weighted by atomic mass is 16.3. The second kappa shape index (κ2) is 2.18. The van der Waals surface area contributed by atoms with Gasteiger partial charge in [-0.05, 0) is 12.8 Å². The van der Waals surface area contributed by atoms with Gasteiger partial charge in [0.05, 0.1) is 6.61 Å². The fraction of sp³-hybridized carbons (Fsp3) is 0.667. The molecule has 0 fully saturated rings. The van der Waals surface area contributed by atoms with Crippen LogP contribution in [0.25, 0.3) is 0 Å². The number of aliphatic hydroxyl groups is 1. The molecule has 0 bridgehead atoms. The Morgan fingerprint density at radius 3 is 2.88 bits per heavy atom. The molecule has 2 nitrogen and oxygen atoms in total. The van der Waals surface area contributed by atoms with E-state index >= 15 is 0 Å². The Labute approximate surface area is 49.0 Å². The summed E-state index contributed by atoms with van der Waals surface area (Å²) >= 11 is 0. The van der Waals surface area contributed by atoms with Crippen LogP contribution in [0.2, 0.25) is 0 Å². The van der Waals surface area contributed by atoms with Crippen LogP contribution in [-0.2, 0) is 0 Å². The maximum atomic E-state index is 8.62. The van der Waals surface area contributed by atoms with Crippen molar-refractivity contribution in [1.29, 1.82) is 0 Å².